The highest BCUT2D eigenvalue weighted by Gasteiger charge is 2.40. The molecule has 178 valence electrons. The molecule has 2 saturated carbocycles. The summed E-state index contributed by atoms with van der Waals surface area (Å²) in [4.78, 5) is 13.1. The molecule has 0 radical (unpaired) electrons. The zero-order chi connectivity index (χ0) is 23.0. The number of nitrogens with zero attached hydrogens (tertiary/aromatic N) is 1. The summed E-state index contributed by atoms with van der Waals surface area (Å²) in [6.07, 6.45) is 7.12. The van der Waals surface area contributed by atoms with Crippen molar-refractivity contribution < 1.29 is 13.2 Å². The van der Waals surface area contributed by atoms with Gasteiger partial charge in [0, 0.05) is 17.3 Å². The molecule has 6 nitrogen and oxygen atoms in total. The molecule has 3 aliphatic rings. The van der Waals surface area contributed by atoms with Crippen molar-refractivity contribution in [2.45, 2.75) is 87.6 Å². The minimum absolute atomic E-state index is 0.0378. The lowest BCUT2D eigenvalue weighted by Gasteiger charge is -2.37. The number of aryl methyl sites for hydroxylation is 2. The Labute approximate surface area is 196 Å². The number of benzene rings is 1. The summed E-state index contributed by atoms with van der Waals surface area (Å²) in [5, 5.41) is -0.275. The van der Waals surface area contributed by atoms with E-state index in [4.69, 9.17) is 4.74 Å². The molecular formula is C26H34N2O4S. The summed E-state index contributed by atoms with van der Waals surface area (Å²) in [5.74, 6) is 0.574. The van der Waals surface area contributed by atoms with Gasteiger partial charge in [0.15, 0.2) is 0 Å². The average molecular weight is 471 g/mol. The molecule has 2 heterocycles. The minimum Gasteiger partial charge on any atom is -0.376 e. The van der Waals surface area contributed by atoms with E-state index in [1.165, 1.54) is 5.56 Å². The van der Waals surface area contributed by atoms with Crippen molar-refractivity contribution in [3.63, 3.8) is 0 Å². The lowest BCUT2D eigenvalue weighted by atomic mass is 9.83. The molecule has 0 saturated heterocycles. The van der Waals surface area contributed by atoms with E-state index in [2.05, 4.69) is 35.1 Å². The Balaban J connectivity index is 1.30. The van der Waals surface area contributed by atoms with Gasteiger partial charge in [-0.1, -0.05) is 36.4 Å². The fourth-order valence-electron chi connectivity index (χ4n) is 5.47. The van der Waals surface area contributed by atoms with Crippen LogP contribution in [-0.4, -0.2) is 37.0 Å². The largest absolute Gasteiger partial charge is 0.376 e. The molecule has 7 heteroatoms. The number of rotatable bonds is 7. The molecule has 2 atom stereocenters. The van der Waals surface area contributed by atoms with Crippen LogP contribution in [0, 0.1) is 6.92 Å². The molecule has 0 unspecified atom stereocenters. The molecule has 1 aromatic carbocycles. The summed E-state index contributed by atoms with van der Waals surface area (Å²) in [5.41, 5.74) is 3.00. The predicted octanol–water partition coefficient (Wildman–Crippen LogP) is 3.84. The van der Waals surface area contributed by atoms with E-state index in [0.717, 1.165) is 44.2 Å². The van der Waals surface area contributed by atoms with E-state index in [1.807, 2.05) is 19.1 Å². The summed E-state index contributed by atoms with van der Waals surface area (Å²) in [6, 6.07) is 13.9. The highest BCUT2D eigenvalue weighted by molar-refractivity contribution is 7.90. The fraction of sp³-hybridized carbons (Fsp3) is 0.577. The molecule has 5 rings (SSSR count). The van der Waals surface area contributed by atoms with E-state index in [9.17, 15) is 13.2 Å². The number of fused-ring (bicyclic) bond motifs is 1. The van der Waals surface area contributed by atoms with Gasteiger partial charge in [-0.2, -0.15) is 0 Å². The first-order valence-corrected chi connectivity index (χ1v) is 13.9. The van der Waals surface area contributed by atoms with Gasteiger partial charge in [-0.05, 0) is 75.8 Å². The van der Waals surface area contributed by atoms with Crippen molar-refractivity contribution in [2.75, 3.05) is 6.61 Å². The second-order valence-corrected chi connectivity index (χ2v) is 12.0. The van der Waals surface area contributed by atoms with Crippen LogP contribution in [0.25, 0.3) is 0 Å². The summed E-state index contributed by atoms with van der Waals surface area (Å²) in [7, 11) is -3.35. The highest BCUT2D eigenvalue weighted by atomic mass is 32.2. The maximum atomic E-state index is 13.1. The Bertz CT molecular complexity index is 1130. The number of hydrogen-bond donors (Lipinski definition) is 1. The molecule has 1 aliphatic heterocycles. The number of ether oxygens (including phenoxy) is 1. The molecule has 1 aromatic heterocycles. The summed E-state index contributed by atoms with van der Waals surface area (Å²) in [6.45, 7) is 2.17. The summed E-state index contributed by atoms with van der Waals surface area (Å²) < 4.78 is 36.5. The highest BCUT2D eigenvalue weighted by Crippen LogP contribution is 2.35. The lowest BCUT2D eigenvalue weighted by molar-refractivity contribution is -0.00169. The maximum Gasteiger partial charge on any atom is 0.254 e. The first-order chi connectivity index (χ1) is 15.9. The third-order valence-electron chi connectivity index (χ3n) is 7.63. The number of sulfonamides is 1. The molecule has 2 aromatic rings. The van der Waals surface area contributed by atoms with Crippen LogP contribution < -0.4 is 10.3 Å². The van der Waals surface area contributed by atoms with Crippen molar-refractivity contribution in [3.05, 3.63) is 69.6 Å². The number of hydrogen-bond acceptors (Lipinski definition) is 4. The van der Waals surface area contributed by atoms with Crippen molar-refractivity contribution in [2.24, 2.45) is 0 Å². The summed E-state index contributed by atoms with van der Waals surface area (Å²) >= 11 is 0. The van der Waals surface area contributed by atoms with Crippen LogP contribution in [0.15, 0.2) is 47.3 Å². The number of aromatic nitrogens is 1. The zero-order valence-corrected chi connectivity index (χ0v) is 20.1. The van der Waals surface area contributed by atoms with Gasteiger partial charge in [0.1, 0.15) is 0 Å². The van der Waals surface area contributed by atoms with Crippen molar-refractivity contribution >= 4 is 10.0 Å². The van der Waals surface area contributed by atoms with E-state index < -0.39 is 10.0 Å². The lowest BCUT2D eigenvalue weighted by Crippen LogP contribution is -2.50. The zero-order valence-electron chi connectivity index (χ0n) is 19.3. The average Bonchev–Trinajstić information content (AvgIpc) is 3.68. The molecule has 33 heavy (non-hydrogen) atoms. The van der Waals surface area contributed by atoms with Gasteiger partial charge in [0.25, 0.3) is 5.56 Å². The quantitative estimate of drug-likeness (QED) is 0.667. The van der Waals surface area contributed by atoms with Crippen LogP contribution >= 0.6 is 0 Å². The minimum atomic E-state index is -3.35. The smallest absolute Gasteiger partial charge is 0.254 e. The molecule has 2 aliphatic carbocycles. The molecule has 2 fully saturated rings. The van der Waals surface area contributed by atoms with Gasteiger partial charge in [0.05, 0.1) is 24.0 Å². The van der Waals surface area contributed by atoms with Gasteiger partial charge in [-0.15, -0.1) is 0 Å². The Morgan fingerprint density at radius 2 is 1.70 bits per heavy atom. The van der Waals surface area contributed by atoms with E-state index in [0.29, 0.717) is 30.9 Å². The Morgan fingerprint density at radius 1 is 0.970 bits per heavy atom. The van der Waals surface area contributed by atoms with Gasteiger partial charge < -0.3 is 9.30 Å². The molecule has 1 N–H and O–H groups in total. The monoisotopic (exact) mass is 470 g/mol. The topological polar surface area (TPSA) is 77.4 Å². The first kappa shape index (κ1) is 22.8. The van der Waals surface area contributed by atoms with Crippen molar-refractivity contribution in [1.82, 2.24) is 9.29 Å². The van der Waals surface area contributed by atoms with E-state index >= 15 is 0 Å². The van der Waals surface area contributed by atoms with Crippen LogP contribution in [0.1, 0.15) is 73.7 Å². The number of pyridine rings is 1. The molecular weight excluding hydrogens is 436 g/mol. The van der Waals surface area contributed by atoms with Gasteiger partial charge in [-0.25, -0.2) is 13.1 Å². The van der Waals surface area contributed by atoms with Crippen LogP contribution in [0.5, 0.6) is 0 Å². The Kier molecular flexibility index (Phi) is 6.47. The van der Waals surface area contributed by atoms with Gasteiger partial charge in [0.2, 0.25) is 10.0 Å². The number of nitrogens with one attached hydrogen (secondary N) is 1. The van der Waals surface area contributed by atoms with Gasteiger partial charge in [-0.3, -0.25) is 4.79 Å². The van der Waals surface area contributed by atoms with E-state index in [1.54, 1.807) is 4.57 Å². The fourth-order valence-corrected chi connectivity index (χ4v) is 7.12. The third kappa shape index (κ3) is 4.96. The van der Waals surface area contributed by atoms with Crippen LogP contribution in [0.3, 0.4) is 0 Å². The molecule has 0 bridgehead atoms. The van der Waals surface area contributed by atoms with E-state index in [-0.39, 0.29) is 29.0 Å². The maximum absolute atomic E-state index is 13.1. The molecule has 0 spiro atoms. The Morgan fingerprint density at radius 3 is 2.39 bits per heavy atom. The normalized spacial score (nSPS) is 27.8. The SMILES string of the molecule is Cc1ccc2n(c1=O)[C@@H](COC1CCC(c3ccccc3)CC1)[C@@H](NS(=O)(=O)C1CC1)CC2. The Hall–Kier alpha value is -1.96. The standard InChI is InChI=1S/C26H34N2O4S/c1-18-7-10-21-11-16-24(27-33(30,31)23-14-15-23)25(28(21)26(18)29)17-32-22-12-8-20(9-13-22)19-5-3-2-4-6-19/h2-7,10,20,22-25,27H,8-9,11-17H2,1H3/t20?,22?,24-,25-/m0/s1. The molecule has 0 amide bonds. The van der Waals surface area contributed by atoms with Crippen LogP contribution in [0.4, 0.5) is 0 Å². The predicted molar refractivity (Wildman–Crippen MR) is 129 cm³/mol. The third-order valence-corrected chi connectivity index (χ3v) is 9.61. The second-order valence-electron chi connectivity index (χ2n) is 9.98. The van der Waals surface area contributed by atoms with Crippen molar-refractivity contribution in [3.8, 4) is 0 Å². The second kappa shape index (κ2) is 9.35. The first-order valence-electron chi connectivity index (χ1n) is 12.3. The van der Waals surface area contributed by atoms with Gasteiger partial charge >= 0.3 is 0 Å². The van der Waals surface area contributed by atoms with Crippen LogP contribution in [0.2, 0.25) is 0 Å². The van der Waals surface area contributed by atoms with Crippen molar-refractivity contribution in [1.29, 1.82) is 0 Å². The van der Waals surface area contributed by atoms with Crippen LogP contribution in [-0.2, 0) is 21.2 Å².